The van der Waals surface area contributed by atoms with E-state index in [-0.39, 0.29) is 5.92 Å². The van der Waals surface area contributed by atoms with Crippen LogP contribution >= 0.6 is 0 Å². The Kier molecular flexibility index (Phi) is 4.91. The molecule has 1 unspecified atom stereocenters. The first-order valence-corrected chi connectivity index (χ1v) is 7.80. The minimum Gasteiger partial charge on any atom is -0.315 e. The lowest BCUT2D eigenvalue weighted by Gasteiger charge is -2.11. The summed E-state index contributed by atoms with van der Waals surface area (Å²) in [7, 11) is 2.02. The first kappa shape index (κ1) is 16.1. The van der Waals surface area contributed by atoms with Gasteiger partial charge >= 0.3 is 0 Å². The van der Waals surface area contributed by atoms with Crippen molar-refractivity contribution in [3.63, 3.8) is 0 Å². The van der Waals surface area contributed by atoms with Gasteiger partial charge in [0.1, 0.15) is 17.2 Å². The summed E-state index contributed by atoms with van der Waals surface area (Å²) in [5, 5.41) is 0. The second-order valence-corrected chi connectivity index (χ2v) is 5.19. The lowest BCUT2D eigenvalue weighted by atomic mass is 10.0. The van der Waals surface area contributed by atoms with Crippen molar-refractivity contribution in [2.45, 2.75) is 40.5 Å². The first-order chi connectivity index (χ1) is 10.6. The second kappa shape index (κ2) is 6.69. The van der Waals surface area contributed by atoms with Gasteiger partial charge in [0.25, 0.3) is 0 Å². The van der Waals surface area contributed by atoms with Crippen molar-refractivity contribution >= 4 is 11.2 Å². The van der Waals surface area contributed by atoms with Gasteiger partial charge in [0.05, 0.1) is 5.69 Å². The molecule has 0 aliphatic carbocycles. The lowest BCUT2D eigenvalue weighted by molar-refractivity contribution is 0.747. The highest BCUT2D eigenvalue weighted by Crippen LogP contribution is 2.26. The Morgan fingerprint density at radius 3 is 2.23 bits per heavy atom. The average Bonchev–Trinajstić information content (AvgIpc) is 2.87. The van der Waals surface area contributed by atoms with Gasteiger partial charge in [-0.25, -0.2) is 15.0 Å². The van der Waals surface area contributed by atoms with Crippen molar-refractivity contribution in [1.29, 1.82) is 0 Å². The normalized spacial score (nSPS) is 11.9. The largest absolute Gasteiger partial charge is 0.315 e. The molecule has 0 aliphatic heterocycles. The molecule has 0 fully saturated rings. The van der Waals surface area contributed by atoms with Crippen molar-refractivity contribution in [1.82, 2.24) is 19.5 Å². The zero-order chi connectivity index (χ0) is 16.3. The van der Waals surface area contributed by atoms with Crippen LogP contribution in [0, 0.1) is 13.8 Å². The monoisotopic (exact) mass is 296 g/mol. The fraction of sp³-hybridized carbons (Fsp3) is 0.389. The number of fused-ring (bicyclic) bond motifs is 1. The quantitative estimate of drug-likeness (QED) is 0.713. The molecule has 0 spiro atoms. The molecule has 1 atom stereocenters. The van der Waals surface area contributed by atoms with Gasteiger partial charge in [-0.1, -0.05) is 51.1 Å². The van der Waals surface area contributed by atoms with Crippen LogP contribution in [-0.4, -0.2) is 19.5 Å². The topological polar surface area (TPSA) is 43.6 Å². The van der Waals surface area contributed by atoms with Crippen LogP contribution in [0.5, 0.6) is 0 Å². The van der Waals surface area contributed by atoms with Crippen LogP contribution in [0.4, 0.5) is 0 Å². The van der Waals surface area contributed by atoms with Crippen molar-refractivity contribution in [2.75, 3.05) is 0 Å². The third-order valence-corrected chi connectivity index (χ3v) is 3.73. The number of aryl methyl sites for hydroxylation is 3. The van der Waals surface area contributed by atoms with Gasteiger partial charge in [-0.15, -0.1) is 0 Å². The molecule has 1 aromatic carbocycles. The van der Waals surface area contributed by atoms with Gasteiger partial charge < -0.3 is 4.57 Å². The molecule has 0 N–H and O–H groups in total. The summed E-state index contributed by atoms with van der Waals surface area (Å²) in [5.74, 6) is 2.04. The van der Waals surface area contributed by atoms with Crippen LogP contribution in [-0.2, 0) is 7.05 Å². The zero-order valence-electron chi connectivity index (χ0n) is 14.3. The van der Waals surface area contributed by atoms with E-state index in [1.54, 1.807) is 0 Å². The smallest absolute Gasteiger partial charge is 0.163 e. The summed E-state index contributed by atoms with van der Waals surface area (Å²) in [5.41, 5.74) is 4.01. The predicted octanol–water partition coefficient (Wildman–Crippen LogP) is 4.16. The Hall–Kier alpha value is -2.23. The summed E-state index contributed by atoms with van der Waals surface area (Å²) < 4.78 is 2.08. The van der Waals surface area contributed by atoms with Crippen molar-refractivity contribution < 1.29 is 0 Å². The molecule has 3 aromatic rings. The Balaban J connectivity index is 0.000000847. The van der Waals surface area contributed by atoms with E-state index in [2.05, 4.69) is 45.7 Å². The van der Waals surface area contributed by atoms with Gasteiger partial charge in [0, 0.05) is 13.0 Å². The summed E-state index contributed by atoms with van der Waals surface area (Å²) >= 11 is 0. The molecule has 0 aliphatic rings. The van der Waals surface area contributed by atoms with Gasteiger partial charge in [-0.3, -0.25) is 0 Å². The van der Waals surface area contributed by atoms with E-state index in [0.29, 0.717) is 0 Å². The third-order valence-electron chi connectivity index (χ3n) is 3.73. The van der Waals surface area contributed by atoms with Crippen LogP contribution in [0.15, 0.2) is 30.3 Å². The van der Waals surface area contributed by atoms with E-state index in [4.69, 9.17) is 4.98 Å². The molecule has 0 saturated carbocycles. The van der Waals surface area contributed by atoms with Gasteiger partial charge in [-0.05, 0) is 19.4 Å². The van der Waals surface area contributed by atoms with Crippen LogP contribution < -0.4 is 0 Å². The van der Waals surface area contributed by atoms with Gasteiger partial charge in [0.15, 0.2) is 5.65 Å². The zero-order valence-corrected chi connectivity index (χ0v) is 14.3. The number of rotatable bonds is 2. The summed E-state index contributed by atoms with van der Waals surface area (Å²) in [6, 6.07) is 10.4. The fourth-order valence-electron chi connectivity index (χ4n) is 2.63. The van der Waals surface area contributed by atoms with Gasteiger partial charge in [0.2, 0.25) is 0 Å². The molecule has 2 aromatic heterocycles. The molecule has 0 amide bonds. The van der Waals surface area contributed by atoms with Crippen LogP contribution in [0.25, 0.3) is 11.2 Å². The maximum Gasteiger partial charge on any atom is 0.163 e. The molecule has 3 rings (SSSR count). The van der Waals surface area contributed by atoms with E-state index in [1.807, 2.05) is 40.8 Å². The second-order valence-electron chi connectivity index (χ2n) is 5.19. The minimum atomic E-state index is 0.232. The molecule has 0 bridgehead atoms. The predicted molar refractivity (Wildman–Crippen MR) is 91.1 cm³/mol. The van der Waals surface area contributed by atoms with Crippen molar-refractivity contribution in [3.05, 3.63) is 53.2 Å². The lowest BCUT2D eigenvalue weighted by Crippen LogP contribution is -2.05. The number of hydrogen-bond donors (Lipinski definition) is 0. The van der Waals surface area contributed by atoms with Gasteiger partial charge in [-0.2, -0.15) is 0 Å². The number of aromatic nitrogens is 4. The molecular formula is C18H24N4. The Morgan fingerprint density at radius 1 is 0.955 bits per heavy atom. The third kappa shape index (κ3) is 2.86. The summed E-state index contributed by atoms with van der Waals surface area (Å²) in [6.45, 7) is 10.1. The number of imidazole rings is 1. The highest BCUT2D eigenvalue weighted by Gasteiger charge is 2.18. The Morgan fingerprint density at radius 2 is 1.59 bits per heavy atom. The van der Waals surface area contributed by atoms with Crippen LogP contribution in [0.1, 0.15) is 49.6 Å². The number of nitrogens with zero attached hydrogens (tertiary/aromatic N) is 4. The van der Waals surface area contributed by atoms with Crippen molar-refractivity contribution in [3.8, 4) is 0 Å². The molecule has 4 heteroatoms. The van der Waals surface area contributed by atoms with E-state index in [1.165, 1.54) is 5.56 Å². The van der Waals surface area contributed by atoms with Crippen LogP contribution in [0.2, 0.25) is 0 Å². The summed E-state index contributed by atoms with van der Waals surface area (Å²) in [6.07, 6.45) is 0. The highest BCUT2D eigenvalue weighted by molar-refractivity contribution is 5.74. The fourth-order valence-corrected chi connectivity index (χ4v) is 2.63. The maximum atomic E-state index is 4.77. The SMILES string of the molecule is CC.Cc1nc(C)c2nc(C(C)c3ccccc3)n(C)c2n1. The molecule has 116 valence electrons. The Labute approximate surface area is 132 Å². The standard InChI is InChI=1S/C16H18N4.C2H6/c1-10(13-8-6-5-7-9-13)15-19-14-11(2)17-12(3)18-16(14)20(15)4;1-2/h5-10H,1-4H3;1-2H3. The number of benzene rings is 1. The Bertz CT molecular complexity index is 760. The maximum absolute atomic E-state index is 4.77. The van der Waals surface area contributed by atoms with E-state index >= 15 is 0 Å². The molecular weight excluding hydrogens is 272 g/mol. The van der Waals surface area contributed by atoms with E-state index in [0.717, 1.165) is 28.5 Å². The molecule has 0 saturated heterocycles. The van der Waals surface area contributed by atoms with E-state index < -0.39 is 0 Å². The van der Waals surface area contributed by atoms with E-state index in [9.17, 15) is 0 Å². The van der Waals surface area contributed by atoms with Crippen LogP contribution in [0.3, 0.4) is 0 Å². The molecule has 22 heavy (non-hydrogen) atoms. The highest BCUT2D eigenvalue weighted by atomic mass is 15.1. The molecule has 4 nitrogen and oxygen atoms in total. The summed E-state index contributed by atoms with van der Waals surface area (Å²) in [4.78, 5) is 13.7. The average molecular weight is 296 g/mol. The minimum absolute atomic E-state index is 0.232. The number of hydrogen-bond acceptors (Lipinski definition) is 3. The first-order valence-electron chi connectivity index (χ1n) is 7.80. The molecule has 0 radical (unpaired) electrons. The molecule has 2 heterocycles. The van der Waals surface area contributed by atoms with Crippen molar-refractivity contribution in [2.24, 2.45) is 7.05 Å².